The summed E-state index contributed by atoms with van der Waals surface area (Å²) in [4.78, 5) is 0. The average Bonchev–Trinajstić information content (AvgIpc) is 2.65. The van der Waals surface area contributed by atoms with E-state index in [4.69, 9.17) is 9.47 Å². The van der Waals surface area contributed by atoms with Gasteiger partial charge in [-0.25, -0.2) is 4.39 Å². The molecule has 27 heavy (non-hydrogen) atoms. The maximum absolute atomic E-state index is 13.5. The molecule has 0 saturated carbocycles. The van der Waals surface area contributed by atoms with Gasteiger partial charge >= 0.3 is 0 Å². The molecule has 0 radical (unpaired) electrons. The first-order chi connectivity index (χ1) is 12.9. The highest BCUT2D eigenvalue weighted by atomic mass is 79.9. The Balaban J connectivity index is 1.59. The molecule has 4 heteroatoms. The summed E-state index contributed by atoms with van der Waals surface area (Å²) in [5, 5.41) is 0. The molecule has 3 rings (SSSR count). The molecule has 0 fully saturated rings. The molecular formula is C23H22BrFO2. The zero-order valence-electron chi connectivity index (χ0n) is 15.4. The normalized spacial score (nSPS) is 11.4. The molecule has 0 amide bonds. The maximum Gasteiger partial charge on any atom is 0.137 e. The van der Waals surface area contributed by atoms with E-state index >= 15 is 0 Å². The van der Waals surface area contributed by atoms with Gasteiger partial charge in [-0.15, -0.1) is 0 Å². The van der Waals surface area contributed by atoms with Gasteiger partial charge in [0.1, 0.15) is 17.3 Å². The van der Waals surface area contributed by atoms with Gasteiger partial charge in [0.15, 0.2) is 0 Å². The van der Waals surface area contributed by atoms with Gasteiger partial charge in [-0.3, -0.25) is 0 Å². The molecule has 0 bridgehead atoms. The highest BCUT2D eigenvalue weighted by Gasteiger charge is 2.22. The van der Waals surface area contributed by atoms with Gasteiger partial charge in [-0.05, 0) is 63.5 Å². The second-order valence-corrected chi connectivity index (χ2v) is 7.92. The quantitative estimate of drug-likeness (QED) is 0.408. The fourth-order valence-corrected chi connectivity index (χ4v) is 3.13. The summed E-state index contributed by atoms with van der Waals surface area (Å²) in [7, 11) is 0. The Morgan fingerprint density at radius 2 is 1.63 bits per heavy atom. The van der Waals surface area contributed by atoms with Gasteiger partial charge in [0.2, 0.25) is 0 Å². The van der Waals surface area contributed by atoms with E-state index in [1.54, 1.807) is 6.07 Å². The van der Waals surface area contributed by atoms with Crippen LogP contribution in [0.4, 0.5) is 4.39 Å². The Labute approximate surface area is 168 Å². The van der Waals surface area contributed by atoms with Crippen LogP contribution in [0.5, 0.6) is 11.5 Å². The van der Waals surface area contributed by atoms with Gasteiger partial charge in [0, 0.05) is 5.41 Å². The van der Waals surface area contributed by atoms with E-state index in [2.05, 4.69) is 29.8 Å². The van der Waals surface area contributed by atoms with Gasteiger partial charge < -0.3 is 9.47 Å². The fraction of sp³-hybridized carbons (Fsp3) is 0.217. The minimum atomic E-state index is -0.259. The van der Waals surface area contributed by atoms with Crippen molar-refractivity contribution in [2.45, 2.75) is 25.9 Å². The van der Waals surface area contributed by atoms with Crippen LogP contribution in [0.1, 0.15) is 25.0 Å². The van der Waals surface area contributed by atoms with Crippen molar-refractivity contribution < 1.29 is 13.9 Å². The Bertz CT molecular complexity index is 894. The first-order valence-corrected chi connectivity index (χ1v) is 9.58. The van der Waals surface area contributed by atoms with Crippen molar-refractivity contribution in [3.05, 3.63) is 94.2 Å². The van der Waals surface area contributed by atoms with Crippen LogP contribution in [0.25, 0.3) is 0 Å². The van der Waals surface area contributed by atoms with Crippen LogP contribution >= 0.6 is 15.9 Å². The summed E-state index contributed by atoms with van der Waals surface area (Å²) in [5.41, 5.74) is 1.84. The molecule has 0 aromatic heterocycles. The molecule has 2 nitrogen and oxygen atoms in total. The molecule has 140 valence electrons. The number of benzene rings is 3. The number of hydrogen-bond acceptors (Lipinski definition) is 2. The van der Waals surface area contributed by atoms with Crippen molar-refractivity contribution in [3.63, 3.8) is 0 Å². The van der Waals surface area contributed by atoms with Crippen LogP contribution in [0, 0.1) is 5.82 Å². The van der Waals surface area contributed by atoms with Crippen LogP contribution in [0.3, 0.4) is 0 Å². The number of ether oxygens (including phenoxy) is 2. The van der Waals surface area contributed by atoms with E-state index in [-0.39, 0.29) is 11.2 Å². The summed E-state index contributed by atoms with van der Waals surface area (Å²) in [6.45, 7) is 5.18. The Hall–Kier alpha value is -2.17. The molecule has 0 unspecified atom stereocenters. The van der Waals surface area contributed by atoms with E-state index in [0.717, 1.165) is 22.6 Å². The predicted octanol–water partition coefficient (Wildman–Crippen LogP) is 6.87. The highest BCUT2D eigenvalue weighted by molar-refractivity contribution is 9.10. The second kappa shape index (κ2) is 8.68. The van der Waals surface area contributed by atoms with E-state index in [1.807, 2.05) is 60.7 Å². The van der Waals surface area contributed by atoms with Crippen LogP contribution in [0.2, 0.25) is 0 Å². The number of hydrogen-bond donors (Lipinski definition) is 0. The lowest BCUT2D eigenvalue weighted by atomic mass is 9.85. The molecule has 0 aliphatic carbocycles. The summed E-state index contributed by atoms with van der Waals surface area (Å²) < 4.78 is 25.7. The fourth-order valence-electron chi connectivity index (χ4n) is 2.75. The smallest absolute Gasteiger partial charge is 0.137 e. The third kappa shape index (κ3) is 5.41. The summed E-state index contributed by atoms with van der Waals surface area (Å²) in [6.07, 6.45) is 0. The Kier molecular flexibility index (Phi) is 6.30. The highest BCUT2D eigenvalue weighted by Crippen LogP contribution is 2.28. The molecule has 3 aromatic carbocycles. The number of rotatable bonds is 7. The molecule has 0 heterocycles. The van der Waals surface area contributed by atoms with E-state index in [0.29, 0.717) is 17.7 Å². The van der Waals surface area contributed by atoms with E-state index in [9.17, 15) is 4.39 Å². The lowest BCUT2D eigenvalue weighted by Gasteiger charge is -2.25. The maximum atomic E-state index is 13.5. The monoisotopic (exact) mass is 428 g/mol. The number of para-hydroxylation sites is 1. The predicted molar refractivity (Wildman–Crippen MR) is 110 cm³/mol. The van der Waals surface area contributed by atoms with Crippen molar-refractivity contribution in [3.8, 4) is 11.5 Å². The first-order valence-electron chi connectivity index (χ1n) is 8.79. The standard InChI is InChI=1S/C23H22BrFO2/c1-23(2,18-11-12-22(25)21(24)14-18)16-26-15-17-7-6-10-20(13-17)27-19-8-4-3-5-9-19/h3-14H,15-16H2,1-2H3. The molecular weight excluding hydrogens is 407 g/mol. The van der Waals surface area contributed by atoms with E-state index in [1.165, 1.54) is 6.07 Å². The van der Waals surface area contributed by atoms with Crippen molar-refractivity contribution in [1.82, 2.24) is 0 Å². The van der Waals surface area contributed by atoms with Crippen LogP contribution in [-0.2, 0) is 16.8 Å². The van der Waals surface area contributed by atoms with Crippen LogP contribution in [0.15, 0.2) is 77.3 Å². The minimum Gasteiger partial charge on any atom is -0.457 e. The summed E-state index contributed by atoms with van der Waals surface area (Å²) in [5.74, 6) is 1.33. The summed E-state index contributed by atoms with van der Waals surface area (Å²) >= 11 is 3.25. The van der Waals surface area contributed by atoms with Gasteiger partial charge in [-0.1, -0.05) is 50.2 Å². The Morgan fingerprint density at radius 1 is 0.889 bits per heavy atom. The van der Waals surface area contributed by atoms with Crippen LogP contribution in [-0.4, -0.2) is 6.61 Å². The van der Waals surface area contributed by atoms with E-state index < -0.39 is 0 Å². The molecule has 3 aromatic rings. The number of halogens is 2. The molecule has 0 aliphatic rings. The molecule has 0 aliphatic heterocycles. The van der Waals surface area contributed by atoms with Crippen LogP contribution < -0.4 is 4.74 Å². The lowest BCUT2D eigenvalue weighted by molar-refractivity contribution is 0.0823. The largest absolute Gasteiger partial charge is 0.457 e. The topological polar surface area (TPSA) is 18.5 Å². The van der Waals surface area contributed by atoms with Crippen molar-refractivity contribution >= 4 is 15.9 Å². The summed E-state index contributed by atoms with van der Waals surface area (Å²) in [6, 6.07) is 22.7. The first kappa shape index (κ1) is 19.6. The third-order valence-electron chi connectivity index (χ3n) is 4.31. The van der Waals surface area contributed by atoms with Gasteiger partial charge in [0.25, 0.3) is 0 Å². The SMILES string of the molecule is CC(C)(COCc1cccc(Oc2ccccc2)c1)c1ccc(F)c(Br)c1. The average molecular weight is 429 g/mol. The van der Waals surface area contributed by atoms with Gasteiger partial charge in [0.05, 0.1) is 17.7 Å². The zero-order chi connectivity index (χ0) is 19.3. The van der Waals surface area contributed by atoms with Gasteiger partial charge in [-0.2, -0.15) is 0 Å². The zero-order valence-corrected chi connectivity index (χ0v) is 17.0. The lowest BCUT2D eigenvalue weighted by Crippen LogP contribution is -2.24. The molecule has 0 saturated heterocycles. The van der Waals surface area contributed by atoms with Crippen molar-refractivity contribution in [2.24, 2.45) is 0 Å². The molecule has 0 atom stereocenters. The second-order valence-electron chi connectivity index (χ2n) is 7.07. The molecule has 0 N–H and O–H groups in total. The van der Waals surface area contributed by atoms with Crippen molar-refractivity contribution in [2.75, 3.05) is 6.61 Å². The molecule has 0 spiro atoms. The Morgan fingerprint density at radius 3 is 2.37 bits per heavy atom. The van der Waals surface area contributed by atoms with Crippen molar-refractivity contribution in [1.29, 1.82) is 0 Å². The third-order valence-corrected chi connectivity index (χ3v) is 4.92. The minimum absolute atomic E-state index is 0.228.